The first kappa shape index (κ1) is 13.3. The number of nitrogens with one attached hydrogen (secondary N) is 1. The average molecular weight is 282 g/mol. The van der Waals surface area contributed by atoms with Crippen molar-refractivity contribution in [3.8, 4) is 0 Å². The van der Waals surface area contributed by atoms with Gasteiger partial charge in [0.05, 0.1) is 11.9 Å². The van der Waals surface area contributed by atoms with E-state index < -0.39 is 10.0 Å². The molecule has 1 heterocycles. The monoisotopic (exact) mass is 282 g/mol. The van der Waals surface area contributed by atoms with E-state index in [9.17, 15) is 8.42 Å². The van der Waals surface area contributed by atoms with E-state index in [2.05, 4.69) is 20.1 Å². The van der Waals surface area contributed by atoms with Crippen molar-refractivity contribution < 1.29 is 8.42 Å². The van der Waals surface area contributed by atoms with Crippen LogP contribution in [0.15, 0.2) is 17.0 Å². The van der Waals surface area contributed by atoms with Gasteiger partial charge in [0.1, 0.15) is 0 Å². The summed E-state index contributed by atoms with van der Waals surface area (Å²) in [6.07, 6.45) is 0. The molecule has 19 heavy (non-hydrogen) atoms. The smallest absolute Gasteiger partial charge is 0.277 e. The Morgan fingerprint density at radius 3 is 2.58 bits per heavy atom. The lowest BCUT2D eigenvalue weighted by Crippen LogP contribution is -2.16. The maximum atomic E-state index is 12.3. The van der Waals surface area contributed by atoms with Crippen LogP contribution in [0.2, 0.25) is 0 Å². The highest BCUT2D eigenvalue weighted by molar-refractivity contribution is 7.92. The van der Waals surface area contributed by atoms with E-state index in [-0.39, 0.29) is 10.8 Å². The highest BCUT2D eigenvalue weighted by Gasteiger charge is 2.20. The Balaban J connectivity index is 2.45. The summed E-state index contributed by atoms with van der Waals surface area (Å²) in [4.78, 5) is 1.27. The van der Waals surface area contributed by atoms with Gasteiger partial charge < -0.3 is 5.73 Å². The van der Waals surface area contributed by atoms with Gasteiger partial charge in [-0.25, -0.2) is 13.1 Å². The van der Waals surface area contributed by atoms with Crippen LogP contribution in [0.3, 0.4) is 0 Å². The Morgan fingerprint density at radius 2 is 2.00 bits per heavy atom. The fourth-order valence-corrected chi connectivity index (χ4v) is 2.92. The lowest BCUT2D eigenvalue weighted by Gasteiger charge is -2.10. The molecule has 102 valence electrons. The van der Waals surface area contributed by atoms with E-state index in [1.807, 2.05) is 0 Å². The first-order valence-electron chi connectivity index (χ1n) is 5.43. The molecule has 0 saturated heterocycles. The van der Waals surface area contributed by atoms with Crippen LogP contribution in [0, 0.1) is 13.8 Å². The first-order valence-corrected chi connectivity index (χ1v) is 6.91. The minimum Gasteiger partial charge on any atom is -0.399 e. The van der Waals surface area contributed by atoms with Gasteiger partial charge in [-0.3, -0.25) is 0 Å². The maximum Gasteiger partial charge on any atom is 0.277 e. The van der Waals surface area contributed by atoms with Crippen molar-refractivity contribution in [3.63, 3.8) is 0 Å². The third kappa shape index (κ3) is 2.65. The highest BCUT2D eigenvalue weighted by Crippen LogP contribution is 2.23. The summed E-state index contributed by atoms with van der Waals surface area (Å²) >= 11 is 0. The number of nitrogens with zero attached hydrogens (tertiary/aromatic N) is 4. The fraction of sp³-hybridized carbons (Fsp3) is 0.300. The second-order valence-electron chi connectivity index (χ2n) is 4.17. The van der Waals surface area contributed by atoms with Crippen LogP contribution in [0.4, 0.5) is 11.6 Å². The molecular weight excluding hydrogens is 268 g/mol. The van der Waals surface area contributed by atoms with Crippen LogP contribution in [0.5, 0.6) is 0 Å². The van der Waals surface area contributed by atoms with E-state index >= 15 is 0 Å². The van der Waals surface area contributed by atoms with Gasteiger partial charge in [-0.1, -0.05) is 5.10 Å². The van der Waals surface area contributed by atoms with Crippen LogP contribution in [0.1, 0.15) is 11.1 Å². The van der Waals surface area contributed by atoms with Crippen LogP contribution in [-0.2, 0) is 17.1 Å². The van der Waals surface area contributed by atoms with Gasteiger partial charge in [0.2, 0.25) is 0 Å². The number of hydrogen-bond acceptors (Lipinski definition) is 6. The van der Waals surface area contributed by atoms with Crippen molar-refractivity contribution in [1.29, 1.82) is 0 Å². The summed E-state index contributed by atoms with van der Waals surface area (Å²) in [5.74, 6) is -0.0815. The zero-order chi connectivity index (χ0) is 14.2. The predicted octanol–water partition coefficient (Wildman–Crippen LogP) is 0.210. The molecule has 0 radical (unpaired) electrons. The minimum absolute atomic E-state index is 0.0815. The van der Waals surface area contributed by atoms with Gasteiger partial charge in [-0.05, 0) is 42.3 Å². The number of aryl methyl sites for hydroxylation is 2. The average Bonchev–Trinajstić information content (AvgIpc) is 2.68. The topological polar surface area (TPSA) is 116 Å². The number of rotatable bonds is 3. The molecule has 0 aliphatic heterocycles. The number of anilines is 2. The number of nitrogens with two attached hydrogens (primary N) is 1. The zero-order valence-electron chi connectivity index (χ0n) is 10.7. The van der Waals surface area contributed by atoms with Crippen molar-refractivity contribution in [3.05, 3.63) is 23.3 Å². The molecule has 0 fully saturated rings. The quantitative estimate of drug-likeness (QED) is 0.777. The molecule has 1 aromatic carbocycles. The fourth-order valence-electron chi connectivity index (χ4n) is 1.63. The predicted molar refractivity (Wildman–Crippen MR) is 69.9 cm³/mol. The Hall–Kier alpha value is -2.16. The van der Waals surface area contributed by atoms with E-state index in [1.54, 1.807) is 27.0 Å². The van der Waals surface area contributed by atoms with Gasteiger partial charge in [-0.15, -0.1) is 5.10 Å². The maximum absolute atomic E-state index is 12.3. The third-order valence-corrected chi connectivity index (χ3v) is 4.12. The Kier molecular flexibility index (Phi) is 3.14. The highest BCUT2D eigenvalue weighted by atomic mass is 32.2. The molecular formula is C10H14N6O2S. The van der Waals surface area contributed by atoms with E-state index in [0.29, 0.717) is 11.3 Å². The Bertz CT molecular complexity index is 722. The summed E-state index contributed by atoms with van der Waals surface area (Å²) in [7, 11) is -2.24. The molecule has 0 amide bonds. The number of sulfonamides is 1. The molecule has 3 N–H and O–H groups in total. The summed E-state index contributed by atoms with van der Waals surface area (Å²) in [6, 6.07) is 3.12. The summed E-state index contributed by atoms with van der Waals surface area (Å²) in [5.41, 5.74) is 7.50. The van der Waals surface area contributed by atoms with Crippen molar-refractivity contribution in [2.24, 2.45) is 7.05 Å². The second kappa shape index (κ2) is 4.50. The minimum atomic E-state index is -3.78. The van der Waals surface area contributed by atoms with Crippen molar-refractivity contribution >= 4 is 21.7 Å². The summed E-state index contributed by atoms with van der Waals surface area (Å²) in [6.45, 7) is 3.51. The SMILES string of the molecule is Cc1cc(N)cc(S(=O)(=O)Nc2nnn(C)n2)c1C. The standard InChI is InChI=1S/C10H14N6O2S/c1-6-4-8(11)5-9(7(6)2)19(17,18)14-10-12-15-16(3)13-10/h4-5H,11H2,1-3H3,(H,13,14). The lowest BCUT2D eigenvalue weighted by molar-refractivity contribution is 0.600. The lowest BCUT2D eigenvalue weighted by atomic mass is 10.1. The van der Waals surface area contributed by atoms with E-state index in [1.165, 1.54) is 6.07 Å². The van der Waals surface area contributed by atoms with Gasteiger partial charge in [0.15, 0.2) is 0 Å². The molecule has 2 aromatic rings. The largest absolute Gasteiger partial charge is 0.399 e. The third-order valence-electron chi connectivity index (χ3n) is 2.67. The molecule has 2 rings (SSSR count). The summed E-state index contributed by atoms with van der Waals surface area (Å²) < 4.78 is 26.8. The van der Waals surface area contributed by atoms with Crippen LogP contribution in [-0.4, -0.2) is 28.6 Å². The first-order chi connectivity index (χ1) is 8.79. The molecule has 0 aliphatic rings. The van der Waals surface area contributed by atoms with Gasteiger partial charge in [0.25, 0.3) is 16.0 Å². The number of benzene rings is 1. The molecule has 9 heteroatoms. The number of nitrogen functional groups attached to an aromatic ring is 1. The van der Waals surface area contributed by atoms with E-state index in [4.69, 9.17) is 5.73 Å². The molecule has 0 unspecified atom stereocenters. The van der Waals surface area contributed by atoms with Crippen LogP contribution < -0.4 is 10.5 Å². The Labute approximate surface area is 110 Å². The normalized spacial score (nSPS) is 11.5. The molecule has 0 aliphatic carbocycles. The molecule has 8 nitrogen and oxygen atoms in total. The number of tetrazole rings is 1. The Morgan fingerprint density at radius 1 is 1.32 bits per heavy atom. The number of aromatic nitrogens is 4. The number of hydrogen-bond donors (Lipinski definition) is 2. The van der Waals surface area contributed by atoms with Crippen LogP contribution >= 0.6 is 0 Å². The van der Waals surface area contributed by atoms with E-state index in [0.717, 1.165) is 10.4 Å². The van der Waals surface area contributed by atoms with Crippen LogP contribution in [0.25, 0.3) is 0 Å². The molecule has 0 atom stereocenters. The second-order valence-corrected chi connectivity index (χ2v) is 5.82. The van der Waals surface area contributed by atoms with Gasteiger partial charge in [0, 0.05) is 5.69 Å². The van der Waals surface area contributed by atoms with Gasteiger partial charge >= 0.3 is 0 Å². The molecule has 0 spiro atoms. The molecule has 1 aromatic heterocycles. The summed E-state index contributed by atoms with van der Waals surface area (Å²) in [5, 5.41) is 10.9. The zero-order valence-corrected chi connectivity index (χ0v) is 11.6. The molecule has 0 saturated carbocycles. The van der Waals surface area contributed by atoms with Gasteiger partial charge in [-0.2, -0.15) is 4.80 Å². The van der Waals surface area contributed by atoms with Crippen molar-refractivity contribution in [1.82, 2.24) is 20.2 Å². The van der Waals surface area contributed by atoms with Crippen molar-refractivity contribution in [2.75, 3.05) is 10.5 Å². The molecule has 0 bridgehead atoms. The van der Waals surface area contributed by atoms with Crippen molar-refractivity contribution in [2.45, 2.75) is 18.7 Å².